The Morgan fingerprint density at radius 1 is 1.00 bits per heavy atom. The number of halogens is 1. The van der Waals surface area contributed by atoms with Gasteiger partial charge in [-0.3, -0.25) is 0 Å². The van der Waals surface area contributed by atoms with Gasteiger partial charge in [-0.05, 0) is 54.6 Å². The minimum Gasteiger partial charge on any atom is -0.310 e. The van der Waals surface area contributed by atoms with E-state index < -0.39 is 0 Å². The number of hydrogen-bond donors (Lipinski definition) is 1. The molecule has 1 unspecified atom stereocenters. The highest BCUT2D eigenvalue weighted by molar-refractivity contribution is 6.31. The van der Waals surface area contributed by atoms with Crippen LogP contribution in [-0.4, -0.2) is 6.54 Å². The van der Waals surface area contributed by atoms with Crippen molar-refractivity contribution in [1.82, 2.24) is 5.32 Å². The van der Waals surface area contributed by atoms with E-state index in [0.29, 0.717) is 6.04 Å². The SMILES string of the molecule is CCCNC(CC)c1ccc(-c2ccc(C)c(Cl)c2)cc1. The van der Waals surface area contributed by atoms with Crippen LogP contribution in [0.15, 0.2) is 42.5 Å². The summed E-state index contributed by atoms with van der Waals surface area (Å²) in [5, 5.41) is 4.42. The monoisotopic (exact) mass is 301 g/mol. The summed E-state index contributed by atoms with van der Waals surface area (Å²) in [6.07, 6.45) is 2.27. The van der Waals surface area contributed by atoms with E-state index in [1.54, 1.807) is 0 Å². The quantitative estimate of drug-likeness (QED) is 0.714. The molecule has 112 valence electrons. The second kappa shape index (κ2) is 7.63. The molecule has 0 fully saturated rings. The fourth-order valence-corrected chi connectivity index (χ4v) is 2.68. The zero-order chi connectivity index (χ0) is 15.2. The lowest BCUT2D eigenvalue weighted by atomic mass is 9.99. The number of hydrogen-bond acceptors (Lipinski definition) is 1. The second-order valence-corrected chi connectivity index (χ2v) is 5.91. The number of rotatable bonds is 6. The molecule has 0 radical (unpaired) electrons. The Kier molecular flexibility index (Phi) is 5.84. The Bertz CT molecular complexity index is 575. The van der Waals surface area contributed by atoms with Crippen LogP contribution in [0.3, 0.4) is 0 Å². The summed E-state index contributed by atoms with van der Waals surface area (Å²) in [6, 6.07) is 15.5. The summed E-state index contributed by atoms with van der Waals surface area (Å²) in [5.41, 5.74) is 4.86. The normalized spacial score (nSPS) is 12.4. The zero-order valence-electron chi connectivity index (χ0n) is 13.1. The van der Waals surface area contributed by atoms with Crippen molar-refractivity contribution in [1.29, 1.82) is 0 Å². The van der Waals surface area contributed by atoms with E-state index in [9.17, 15) is 0 Å². The van der Waals surface area contributed by atoms with Crippen molar-refractivity contribution in [2.24, 2.45) is 0 Å². The Hall–Kier alpha value is -1.31. The maximum absolute atomic E-state index is 6.22. The van der Waals surface area contributed by atoms with Crippen LogP contribution in [0, 0.1) is 6.92 Å². The van der Waals surface area contributed by atoms with Gasteiger partial charge in [-0.2, -0.15) is 0 Å². The van der Waals surface area contributed by atoms with Gasteiger partial charge >= 0.3 is 0 Å². The van der Waals surface area contributed by atoms with Crippen LogP contribution in [0.2, 0.25) is 5.02 Å². The molecule has 0 bridgehead atoms. The standard InChI is InChI=1S/C19H24ClN/c1-4-12-21-19(5-2)16-10-8-15(9-11-16)17-7-6-14(3)18(20)13-17/h6-11,13,19,21H,4-5,12H2,1-3H3. The minimum atomic E-state index is 0.445. The van der Waals surface area contributed by atoms with E-state index in [-0.39, 0.29) is 0 Å². The molecule has 1 atom stereocenters. The third-order valence-corrected chi connectivity index (χ3v) is 4.27. The van der Waals surface area contributed by atoms with E-state index in [0.717, 1.165) is 30.0 Å². The summed E-state index contributed by atoms with van der Waals surface area (Å²) in [5.74, 6) is 0. The Morgan fingerprint density at radius 3 is 2.24 bits per heavy atom. The van der Waals surface area contributed by atoms with Crippen molar-refractivity contribution in [3.8, 4) is 11.1 Å². The van der Waals surface area contributed by atoms with Crippen molar-refractivity contribution < 1.29 is 0 Å². The van der Waals surface area contributed by atoms with Gasteiger partial charge in [0.15, 0.2) is 0 Å². The smallest absolute Gasteiger partial charge is 0.0441 e. The van der Waals surface area contributed by atoms with E-state index in [2.05, 4.69) is 55.6 Å². The van der Waals surface area contributed by atoms with Gasteiger partial charge in [-0.1, -0.05) is 61.8 Å². The summed E-state index contributed by atoms with van der Waals surface area (Å²) in [4.78, 5) is 0. The van der Waals surface area contributed by atoms with E-state index >= 15 is 0 Å². The van der Waals surface area contributed by atoms with Crippen molar-refractivity contribution >= 4 is 11.6 Å². The molecule has 21 heavy (non-hydrogen) atoms. The number of benzene rings is 2. The molecule has 2 heteroatoms. The van der Waals surface area contributed by atoms with Gasteiger partial charge in [-0.15, -0.1) is 0 Å². The summed E-state index contributed by atoms with van der Waals surface area (Å²) >= 11 is 6.22. The Morgan fingerprint density at radius 2 is 1.67 bits per heavy atom. The fourth-order valence-electron chi connectivity index (χ4n) is 2.50. The van der Waals surface area contributed by atoms with Crippen molar-refractivity contribution in [3.63, 3.8) is 0 Å². The molecule has 0 aliphatic heterocycles. The van der Waals surface area contributed by atoms with Gasteiger partial charge in [0.05, 0.1) is 0 Å². The van der Waals surface area contributed by atoms with Crippen LogP contribution in [0.25, 0.3) is 11.1 Å². The average molecular weight is 302 g/mol. The first-order valence-electron chi connectivity index (χ1n) is 7.75. The molecule has 0 spiro atoms. The molecule has 0 aromatic heterocycles. The molecule has 2 aromatic rings. The molecule has 0 aliphatic rings. The summed E-state index contributed by atoms with van der Waals surface area (Å²) < 4.78 is 0. The first kappa shape index (κ1) is 16.1. The topological polar surface area (TPSA) is 12.0 Å². The van der Waals surface area contributed by atoms with Gasteiger partial charge in [0, 0.05) is 11.1 Å². The Balaban J connectivity index is 2.19. The molecule has 0 heterocycles. The largest absolute Gasteiger partial charge is 0.310 e. The van der Waals surface area contributed by atoms with Crippen LogP contribution in [0.1, 0.15) is 43.9 Å². The van der Waals surface area contributed by atoms with Crippen LogP contribution in [0.5, 0.6) is 0 Å². The van der Waals surface area contributed by atoms with Crippen molar-refractivity contribution in [3.05, 3.63) is 58.6 Å². The Labute approximate surface area is 133 Å². The summed E-state index contributed by atoms with van der Waals surface area (Å²) in [7, 11) is 0. The lowest BCUT2D eigenvalue weighted by Crippen LogP contribution is -2.21. The predicted octanol–water partition coefficient (Wildman–Crippen LogP) is 5.77. The van der Waals surface area contributed by atoms with Crippen LogP contribution in [0.4, 0.5) is 0 Å². The minimum absolute atomic E-state index is 0.445. The highest BCUT2D eigenvalue weighted by Gasteiger charge is 2.08. The highest BCUT2D eigenvalue weighted by Crippen LogP contribution is 2.27. The van der Waals surface area contributed by atoms with Crippen LogP contribution in [-0.2, 0) is 0 Å². The molecule has 0 amide bonds. The fraction of sp³-hybridized carbons (Fsp3) is 0.368. The van der Waals surface area contributed by atoms with Crippen molar-refractivity contribution in [2.75, 3.05) is 6.54 Å². The molecule has 1 N–H and O–H groups in total. The molecule has 0 aliphatic carbocycles. The third kappa shape index (κ3) is 4.09. The molecule has 0 saturated heterocycles. The van der Waals surface area contributed by atoms with E-state index in [1.807, 2.05) is 13.0 Å². The molecular weight excluding hydrogens is 278 g/mol. The molecule has 2 rings (SSSR count). The van der Waals surface area contributed by atoms with E-state index in [4.69, 9.17) is 11.6 Å². The summed E-state index contributed by atoms with van der Waals surface area (Å²) in [6.45, 7) is 7.51. The number of aryl methyl sites for hydroxylation is 1. The van der Waals surface area contributed by atoms with Crippen molar-refractivity contribution in [2.45, 2.75) is 39.7 Å². The second-order valence-electron chi connectivity index (χ2n) is 5.50. The third-order valence-electron chi connectivity index (χ3n) is 3.87. The average Bonchev–Trinajstić information content (AvgIpc) is 2.51. The predicted molar refractivity (Wildman–Crippen MR) is 93.0 cm³/mol. The van der Waals surface area contributed by atoms with Gasteiger partial charge in [0.1, 0.15) is 0 Å². The lowest BCUT2D eigenvalue weighted by Gasteiger charge is -2.17. The first-order chi connectivity index (χ1) is 10.2. The molecule has 2 aromatic carbocycles. The molecular formula is C19H24ClN. The number of nitrogens with one attached hydrogen (secondary N) is 1. The highest BCUT2D eigenvalue weighted by atomic mass is 35.5. The maximum atomic E-state index is 6.22. The van der Waals surface area contributed by atoms with Gasteiger partial charge in [0.25, 0.3) is 0 Å². The van der Waals surface area contributed by atoms with Gasteiger partial charge in [0.2, 0.25) is 0 Å². The maximum Gasteiger partial charge on any atom is 0.0441 e. The first-order valence-corrected chi connectivity index (χ1v) is 8.13. The lowest BCUT2D eigenvalue weighted by molar-refractivity contribution is 0.518. The molecule has 1 nitrogen and oxygen atoms in total. The van der Waals surface area contributed by atoms with Crippen LogP contribution < -0.4 is 5.32 Å². The zero-order valence-corrected chi connectivity index (χ0v) is 13.9. The molecule has 0 saturated carbocycles. The van der Waals surface area contributed by atoms with Gasteiger partial charge < -0.3 is 5.32 Å². The van der Waals surface area contributed by atoms with E-state index in [1.165, 1.54) is 16.7 Å². The van der Waals surface area contributed by atoms with Gasteiger partial charge in [-0.25, -0.2) is 0 Å². The van der Waals surface area contributed by atoms with Crippen LogP contribution >= 0.6 is 11.6 Å².